The van der Waals surface area contributed by atoms with Crippen LogP contribution in [0, 0.1) is 11.3 Å². The fourth-order valence-electron chi connectivity index (χ4n) is 1.79. The van der Waals surface area contributed by atoms with Crippen molar-refractivity contribution in [3.8, 4) is 0 Å². The predicted molar refractivity (Wildman–Crippen MR) is 43.0 cm³/mol. The van der Waals surface area contributed by atoms with Crippen molar-refractivity contribution in [2.75, 3.05) is 6.61 Å². The van der Waals surface area contributed by atoms with Crippen LogP contribution in [0.25, 0.3) is 0 Å². The summed E-state index contributed by atoms with van der Waals surface area (Å²) < 4.78 is 5.46. The molecule has 1 nitrogen and oxygen atoms in total. The van der Waals surface area contributed by atoms with E-state index in [9.17, 15) is 0 Å². The zero-order chi connectivity index (χ0) is 7.99. The van der Waals surface area contributed by atoms with Crippen molar-refractivity contribution in [2.24, 2.45) is 11.3 Å². The van der Waals surface area contributed by atoms with E-state index in [0.717, 1.165) is 12.5 Å². The third kappa shape index (κ3) is 1.20. The number of ether oxygens (including phenoxy) is 1. The Balaban J connectivity index is 2.60. The highest BCUT2D eigenvalue weighted by Gasteiger charge is 2.46. The Kier molecular flexibility index (Phi) is 1.59. The molecule has 0 spiro atoms. The van der Waals surface area contributed by atoms with E-state index in [-0.39, 0.29) is 5.60 Å². The van der Waals surface area contributed by atoms with E-state index in [1.165, 1.54) is 0 Å². The molecule has 1 heteroatoms. The van der Waals surface area contributed by atoms with Crippen molar-refractivity contribution in [2.45, 2.75) is 40.2 Å². The van der Waals surface area contributed by atoms with Gasteiger partial charge >= 0.3 is 0 Å². The van der Waals surface area contributed by atoms with E-state index in [1.807, 2.05) is 0 Å². The average molecular weight is 142 g/mol. The quantitative estimate of drug-likeness (QED) is 0.505. The normalized spacial score (nSPS) is 31.5. The highest BCUT2D eigenvalue weighted by Crippen LogP contribution is 2.43. The minimum atomic E-state index is 0.123. The van der Waals surface area contributed by atoms with E-state index in [0.29, 0.717) is 5.41 Å². The monoisotopic (exact) mass is 142 g/mol. The lowest BCUT2D eigenvalue weighted by molar-refractivity contribution is -0.215. The van der Waals surface area contributed by atoms with Crippen molar-refractivity contribution in [1.82, 2.24) is 0 Å². The molecule has 1 rings (SSSR count). The first-order valence-corrected chi connectivity index (χ1v) is 3.98. The highest BCUT2D eigenvalue weighted by atomic mass is 16.5. The van der Waals surface area contributed by atoms with Crippen LogP contribution in [0.15, 0.2) is 0 Å². The molecule has 1 aliphatic rings. The topological polar surface area (TPSA) is 9.23 Å². The SMILES string of the molecule is CC(C)(C)C1COC1(C)C. The molecule has 1 saturated heterocycles. The van der Waals surface area contributed by atoms with E-state index in [4.69, 9.17) is 4.74 Å². The average Bonchev–Trinajstić information content (AvgIpc) is 1.58. The molecule has 0 saturated carbocycles. The maximum absolute atomic E-state index is 5.46. The fraction of sp³-hybridized carbons (Fsp3) is 1.00. The molecule has 0 aromatic heterocycles. The second-order valence-electron chi connectivity index (χ2n) is 4.83. The summed E-state index contributed by atoms with van der Waals surface area (Å²) in [7, 11) is 0. The molecule has 0 amide bonds. The molecular formula is C9H18O. The largest absolute Gasteiger partial charge is 0.375 e. The molecule has 0 aromatic carbocycles. The second-order valence-corrected chi connectivity index (χ2v) is 4.83. The van der Waals surface area contributed by atoms with Crippen LogP contribution < -0.4 is 0 Å². The van der Waals surface area contributed by atoms with Gasteiger partial charge in [-0.25, -0.2) is 0 Å². The van der Waals surface area contributed by atoms with Gasteiger partial charge in [0.1, 0.15) is 0 Å². The molecule has 0 aromatic rings. The summed E-state index contributed by atoms with van der Waals surface area (Å²) >= 11 is 0. The van der Waals surface area contributed by atoms with Crippen LogP contribution >= 0.6 is 0 Å². The van der Waals surface area contributed by atoms with Crippen LogP contribution in [0.5, 0.6) is 0 Å². The molecule has 0 bridgehead atoms. The van der Waals surface area contributed by atoms with Crippen LogP contribution in [0.4, 0.5) is 0 Å². The smallest absolute Gasteiger partial charge is 0.0681 e. The molecule has 1 fully saturated rings. The molecule has 10 heavy (non-hydrogen) atoms. The third-order valence-electron chi connectivity index (χ3n) is 2.51. The Bertz CT molecular complexity index is 120. The fourth-order valence-corrected chi connectivity index (χ4v) is 1.79. The first kappa shape index (κ1) is 8.06. The maximum Gasteiger partial charge on any atom is 0.0681 e. The van der Waals surface area contributed by atoms with E-state index in [2.05, 4.69) is 34.6 Å². The molecule has 1 atom stereocenters. The van der Waals surface area contributed by atoms with Crippen molar-refractivity contribution in [3.63, 3.8) is 0 Å². The molecular weight excluding hydrogens is 124 g/mol. The Hall–Kier alpha value is -0.0400. The Morgan fingerprint density at radius 3 is 1.80 bits per heavy atom. The second kappa shape index (κ2) is 1.97. The Morgan fingerprint density at radius 2 is 1.80 bits per heavy atom. The standard InChI is InChI=1S/C9H18O/c1-8(2,3)7-6-10-9(7,4)5/h7H,6H2,1-5H3. The van der Waals surface area contributed by atoms with Gasteiger partial charge in [-0.2, -0.15) is 0 Å². The lowest BCUT2D eigenvalue weighted by Gasteiger charge is -2.51. The van der Waals surface area contributed by atoms with Gasteiger partial charge in [0.15, 0.2) is 0 Å². The zero-order valence-electron chi connectivity index (χ0n) is 7.69. The van der Waals surface area contributed by atoms with Crippen LogP contribution in [-0.2, 0) is 4.74 Å². The molecule has 60 valence electrons. The van der Waals surface area contributed by atoms with Gasteiger partial charge in [-0.1, -0.05) is 20.8 Å². The molecule has 0 N–H and O–H groups in total. The summed E-state index contributed by atoms with van der Waals surface area (Å²) in [6, 6.07) is 0. The first-order chi connectivity index (χ1) is 4.34. The molecule has 1 unspecified atom stereocenters. The molecule has 1 aliphatic heterocycles. The Morgan fingerprint density at radius 1 is 1.30 bits per heavy atom. The molecule has 0 radical (unpaired) electrons. The Labute approximate surface area is 63.8 Å². The van der Waals surface area contributed by atoms with Gasteiger partial charge in [0, 0.05) is 5.92 Å². The van der Waals surface area contributed by atoms with Gasteiger partial charge in [-0.05, 0) is 19.3 Å². The molecule has 0 aliphatic carbocycles. The maximum atomic E-state index is 5.46. The number of hydrogen-bond donors (Lipinski definition) is 0. The summed E-state index contributed by atoms with van der Waals surface area (Å²) in [5.74, 6) is 0.722. The van der Waals surface area contributed by atoms with Gasteiger partial charge in [0.25, 0.3) is 0 Å². The summed E-state index contributed by atoms with van der Waals surface area (Å²) in [6.45, 7) is 12.1. The van der Waals surface area contributed by atoms with Crippen molar-refractivity contribution in [1.29, 1.82) is 0 Å². The van der Waals surface area contributed by atoms with Crippen molar-refractivity contribution >= 4 is 0 Å². The molecule has 1 heterocycles. The summed E-state index contributed by atoms with van der Waals surface area (Å²) in [5, 5.41) is 0. The summed E-state index contributed by atoms with van der Waals surface area (Å²) in [4.78, 5) is 0. The highest BCUT2D eigenvalue weighted by molar-refractivity contribution is 4.94. The van der Waals surface area contributed by atoms with E-state index >= 15 is 0 Å². The minimum absolute atomic E-state index is 0.123. The van der Waals surface area contributed by atoms with Crippen LogP contribution in [-0.4, -0.2) is 12.2 Å². The van der Waals surface area contributed by atoms with Gasteiger partial charge in [-0.15, -0.1) is 0 Å². The van der Waals surface area contributed by atoms with E-state index < -0.39 is 0 Å². The lowest BCUT2D eigenvalue weighted by atomic mass is 9.69. The van der Waals surface area contributed by atoms with Crippen molar-refractivity contribution < 1.29 is 4.74 Å². The summed E-state index contributed by atoms with van der Waals surface area (Å²) in [6.07, 6.45) is 0. The van der Waals surface area contributed by atoms with Crippen LogP contribution in [0.3, 0.4) is 0 Å². The summed E-state index contributed by atoms with van der Waals surface area (Å²) in [5.41, 5.74) is 0.528. The van der Waals surface area contributed by atoms with Gasteiger partial charge in [-0.3, -0.25) is 0 Å². The van der Waals surface area contributed by atoms with Gasteiger partial charge in [0.05, 0.1) is 12.2 Å². The number of rotatable bonds is 0. The minimum Gasteiger partial charge on any atom is -0.375 e. The van der Waals surface area contributed by atoms with Crippen molar-refractivity contribution in [3.05, 3.63) is 0 Å². The van der Waals surface area contributed by atoms with Gasteiger partial charge in [0.2, 0.25) is 0 Å². The lowest BCUT2D eigenvalue weighted by Crippen LogP contribution is -2.54. The van der Waals surface area contributed by atoms with Crippen LogP contribution in [0.1, 0.15) is 34.6 Å². The van der Waals surface area contributed by atoms with E-state index in [1.54, 1.807) is 0 Å². The number of hydrogen-bond acceptors (Lipinski definition) is 1. The third-order valence-corrected chi connectivity index (χ3v) is 2.51. The van der Waals surface area contributed by atoms with Crippen LogP contribution in [0.2, 0.25) is 0 Å². The first-order valence-electron chi connectivity index (χ1n) is 3.98. The zero-order valence-corrected chi connectivity index (χ0v) is 7.69. The van der Waals surface area contributed by atoms with Gasteiger partial charge < -0.3 is 4.74 Å². The predicted octanol–water partition coefficient (Wildman–Crippen LogP) is 2.46.